The van der Waals surface area contributed by atoms with Crippen LogP contribution in [-0.4, -0.2) is 25.6 Å². The normalized spacial score (nSPS) is 10.9. The zero-order valence-corrected chi connectivity index (χ0v) is 12.6. The van der Waals surface area contributed by atoms with Crippen molar-refractivity contribution in [2.45, 2.75) is 26.3 Å². The number of ether oxygens (including phenoxy) is 1. The molecule has 2 N–H and O–H groups in total. The van der Waals surface area contributed by atoms with Crippen molar-refractivity contribution >= 4 is 5.91 Å². The largest absolute Gasteiger partial charge is 0.497 e. The number of hydrogen-bond acceptors (Lipinski definition) is 4. The Balaban J connectivity index is 2.44. The molecule has 0 aliphatic carbocycles. The van der Waals surface area contributed by atoms with E-state index in [2.05, 4.69) is 10.6 Å². The van der Waals surface area contributed by atoms with Gasteiger partial charge in [0.25, 0.3) is 5.91 Å². The summed E-state index contributed by atoms with van der Waals surface area (Å²) in [6.45, 7) is 4.35. The van der Waals surface area contributed by atoms with E-state index < -0.39 is 0 Å². The first-order valence-corrected chi connectivity index (χ1v) is 6.84. The molecule has 0 aliphatic heterocycles. The molecule has 0 heterocycles. The number of benzene rings is 1. The number of methoxy groups -OCH3 is 1. The summed E-state index contributed by atoms with van der Waals surface area (Å²) in [5.74, 6) is 0.441. The Labute approximate surface area is 125 Å². The molecule has 0 fully saturated rings. The van der Waals surface area contributed by atoms with Gasteiger partial charge in [-0.15, -0.1) is 0 Å². The van der Waals surface area contributed by atoms with Crippen LogP contribution in [0.2, 0.25) is 0 Å². The number of carbonyl (C=O) groups excluding carboxylic acids is 1. The molecule has 5 nitrogen and oxygen atoms in total. The first kappa shape index (κ1) is 16.6. The van der Waals surface area contributed by atoms with Gasteiger partial charge in [-0.3, -0.25) is 4.79 Å². The zero-order valence-electron chi connectivity index (χ0n) is 12.6. The van der Waals surface area contributed by atoms with E-state index in [0.717, 1.165) is 11.3 Å². The summed E-state index contributed by atoms with van der Waals surface area (Å²) in [6, 6.07) is 9.73. The van der Waals surface area contributed by atoms with Gasteiger partial charge in [-0.2, -0.15) is 5.26 Å². The molecule has 0 radical (unpaired) electrons. The van der Waals surface area contributed by atoms with Crippen molar-refractivity contribution < 1.29 is 9.53 Å². The average molecular weight is 287 g/mol. The molecule has 0 saturated carbocycles. The van der Waals surface area contributed by atoms with Gasteiger partial charge in [0.1, 0.15) is 17.4 Å². The van der Waals surface area contributed by atoms with E-state index in [1.165, 1.54) is 6.20 Å². The quantitative estimate of drug-likeness (QED) is 0.592. The molecule has 1 rings (SSSR count). The van der Waals surface area contributed by atoms with E-state index in [-0.39, 0.29) is 17.5 Å². The molecule has 1 amide bonds. The fourth-order valence-corrected chi connectivity index (χ4v) is 1.61. The van der Waals surface area contributed by atoms with Gasteiger partial charge in [0.2, 0.25) is 0 Å². The van der Waals surface area contributed by atoms with Crippen molar-refractivity contribution in [1.29, 1.82) is 5.26 Å². The number of rotatable bonds is 7. The Bertz CT molecular complexity index is 527. The summed E-state index contributed by atoms with van der Waals surface area (Å²) in [7, 11) is 1.62. The minimum atomic E-state index is -0.362. The maximum absolute atomic E-state index is 11.8. The first-order chi connectivity index (χ1) is 10.1. The van der Waals surface area contributed by atoms with E-state index in [1.807, 2.05) is 44.2 Å². The van der Waals surface area contributed by atoms with Gasteiger partial charge < -0.3 is 15.4 Å². The molecule has 0 unspecified atom stereocenters. The summed E-state index contributed by atoms with van der Waals surface area (Å²) in [5.41, 5.74) is 1.18. The van der Waals surface area contributed by atoms with Crippen LogP contribution in [0.15, 0.2) is 36.0 Å². The van der Waals surface area contributed by atoms with E-state index in [4.69, 9.17) is 10.00 Å². The fourth-order valence-electron chi connectivity index (χ4n) is 1.61. The lowest BCUT2D eigenvalue weighted by Gasteiger charge is -2.07. The first-order valence-electron chi connectivity index (χ1n) is 6.84. The number of nitrogens with one attached hydrogen (secondary N) is 2. The van der Waals surface area contributed by atoms with Gasteiger partial charge in [-0.1, -0.05) is 12.1 Å². The summed E-state index contributed by atoms with van der Waals surface area (Å²) in [5, 5.41) is 14.6. The fraction of sp³-hybridized carbons (Fsp3) is 0.375. The Hall–Kier alpha value is -2.48. The van der Waals surface area contributed by atoms with Crippen LogP contribution in [0.25, 0.3) is 0 Å². The highest BCUT2D eigenvalue weighted by molar-refractivity contribution is 5.97. The summed E-state index contributed by atoms with van der Waals surface area (Å²) in [6.07, 6.45) is 2.15. The minimum Gasteiger partial charge on any atom is -0.497 e. The molecule has 0 saturated heterocycles. The highest BCUT2D eigenvalue weighted by Crippen LogP contribution is 2.11. The number of nitriles is 1. The van der Waals surface area contributed by atoms with E-state index in [1.54, 1.807) is 7.11 Å². The van der Waals surface area contributed by atoms with Crippen LogP contribution in [0.3, 0.4) is 0 Å². The predicted molar refractivity (Wildman–Crippen MR) is 81.7 cm³/mol. The molecule has 112 valence electrons. The van der Waals surface area contributed by atoms with Crippen LogP contribution in [0, 0.1) is 11.3 Å². The van der Waals surface area contributed by atoms with Crippen LogP contribution in [0.5, 0.6) is 5.75 Å². The lowest BCUT2D eigenvalue weighted by molar-refractivity contribution is -0.117. The lowest BCUT2D eigenvalue weighted by Crippen LogP contribution is -2.28. The van der Waals surface area contributed by atoms with Crippen molar-refractivity contribution in [2.75, 3.05) is 13.7 Å². The topological polar surface area (TPSA) is 74.1 Å². The maximum Gasteiger partial charge on any atom is 0.263 e. The molecule has 0 aliphatic rings. The van der Waals surface area contributed by atoms with Crippen LogP contribution in [-0.2, 0) is 11.2 Å². The molecular formula is C16H21N3O2. The van der Waals surface area contributed by atoms with Gasteiger partial charge in [0, 0.05) is 18.8 Å². The van der Waals surface area contributed by atoms with Crippen LogP contribution >= 0.6 is 0 Å². The van der Waals surface area contributed by atoms with Crippen LogP contribution in [0.1, 0.15) is 19.4 Å². The second kappa shape index (κ2) is 8.64. The van der Waals surface area contributed by atoms with Gasteiger partial charge in [-0.25, -0.2) is 0 Å². The third-order valence-electron chi connectivity index (χ3n) is 2.78. The summed E-state index contributed by atoms with van der Waals surface area (Å²) in [4.78, 5) is 11.8. The van der Waals surface area contributed by atoms with Crippen molar-refractivity contribution in [3.8, 4) is 11.8 Å². The monoisotopic (exact) mass is 287 g/mol. The second-order valence-electron chi connectivity index (χ2n) is 4.85. The lowest BCUT2D eigenvalue weighted by atomic mass is 10.1. The Morgan fingerprint density at radius 3 is 2.57 bits per heavy atom. The van der Waals surface area contributed by atoms with Crippen LogP contribution < -0.4 is 15.4 Å². The molecule has 0 spiro atoms. The molecule has 1 aromatic carbocycles. The SMILES string of the molecule is COc1ccc(CCNC(=O)/C(C#N)=C\NC(C)C)cc1. The van der Waals surface area contributed by atoms with E-state index in [9.17, 15) is 4.79 Å². The van der Waals surface area contributed by atoms with Crippen LogP contribution in [0.4, 0.5) is 0 Å². The third-order valence-corrected chi connectivity index (χ3v) is 2.78. The summed E-state index contributed by atoms with van der Waals surface area (Å²) < 4.78 is 5.08. The third kappa shape index (κ3) is 6.00. The Morgan fingerprint density at radius 1 is 1.38 bits per heavy atom. The zero-order chi connectivity index (χ0) is 15.7. The smallest absolute Gasteiger partial charge is 0.263 e. The van der Waals surface area contributed by atoms with E-state index >= 15 is 0 Å². The number of amides is 1. The van der Waals surface area contributed by atoms with Gasteiger partial charge in [-0.05, 0) is 38.0 Å². The van der Waals surface area contributed by atoms with Gasteiger partial charge in [0.15, 0.2) is 0 Å². The van der Waals surface area contributed by atoms with E-state index in [0.29, 0.717) is 13.0 Å². The average Bonchev–Trinajstić information content (AvgIpc) is 2.48. The molecule has 1 aromatic rings. The Kier molecular flexibility index (Phi) is 6.82. The molecule has 21 heavy (non-hydrogen) atoms. The number of hydrogen-bond donors (Lipinski definition) is 2. The van der Waals surface area contributed by atoms with Gasteiger partial charge in [0.05, 0.1) is 7.11 Å². The van der Waals surface area contributed by atoms with Crippen molar-refractivity contribution in [1.82, 2.24) is 10.6 Å². The Morgan fingerprint density at radius 2 is 2.05 bits per heavy atom. The highest BCUT2D eigenvalue weighted by atomic mass is 16.5. The van der Waals surface area contributed by atoms with Crippen molar-refractivity contribution in [3.05, 3.63) is 41.6 Å². The number of nitrogens with zero attached hydrogens (tertiary/aromatic N) is 1. The second-order valence-corrected chi connectivity index (χ2v) is 4.85. The van der Waals surface area contributed by atoms with Crippen molar-refractivity contribution in [2.24, 2.45) is 0 Å². The molecule has 0 atom stereocenters. The predicted octanol–water partition coefficient (Wildman–Crippen LogP) is 1.76. The molecule has 0 aromatic heterocycles. The molecule has 5 heteroatoms. The highest BCUT2D eigenvalue weighted by Gasteiger charge is 2.08. The standard InChI is InChI=1S/C16H21N3O2/c1-12(2)19-11-14(10-17)16(20)18-9-8-13-4-6-15(21-3)7-5-13/h4-7,11-12,19H,8-9H2,1-3H3,(H,18,20)/b14-11-. The molecular weight excluding hydrogens is 266 g/mol. The van der Waals surface area contributed by atoms with Gasteiger partial charge >= 0.3 is 0 Å². The maximum atomic E-state index is 11.8. The molecule has 0 bridgehead atoms. The van der Waals surface area contributed by atoms with Crippen molar-refractivity contribution in [3.63, 3.8) is 0 Å². The summed E-state index contributed by atoms with van der Waals surface area (Å²) >= 11 is 0. The number of carbonyl (C=O) groups is 1. The minimum absolute atomic E-state index is 0.0819.